The monoisotopic (exact) mass is 360 g/mol. The van der Waals surface area contributed by atoms with Crippen LogP contribution in [0.2, 0.25) is 0 Å². The first-order valence-corrected chi connectivity index (χ1v) is 9.15. The Hall–Kier alpha value is -2.88. The van der Waals surface area contributed by atoms with Gasteiger partial charge in [-0.2, -0.15) is 0 Å². The van der Waals surface area contributed by atoms with E-state index in [1.165, 1.54) is 11.6 Å². The fourth-order valence-electron chi connectivity index (χ4n) is 4.65. The van der Waals surface area contributed by atoms with Gasteiger partial charge in [0.25, 0.3) is 0 Å². The molecule has 2 aliphatic rings. The second-order valence-electron chi connectivity index (χ2n) is 7.99. The third kappa shape index (κ3) is 1.93. The maximum absolute atomic E-state index is 14.0. The molecule has 27 heavy (non-hydrogen) atoms. The zero-order chi connectivity index (χ0) is 19.0. The van der Waals surface area contributed by atoms with E-state index in [9.17, 15) is 4.39 Å². The first kappa shape index (κ1) is 16.3. The number of halogens is 1. The molecule has 3 aromatic rings. The number of nitrogens with zero attached hydrogens (tertiary/aromatic N) is 2. The zero-order valence-electron chi connectivity index (χ0n) is 15.9. The summed E-state index contributed by atoms with van der Waals surface area (Å²) in [7, 11) is 2.00. The molecular formula is C23H21FN2O. The quantitative estimate of drug-likeness (QED) is 0.550. The third-order valence-electron chi connectivity index (χ3n) is 6.22. The Labute approximate surface area is 158 Å². The number of fused-ring (bicyclic) bond motifs is 4. The summed E-state index contributed by atoms with van der Waals surface area (Å²) in [5.74, 6) is 0.558. The minimum atomic E-state index is -0.740. The van der Waals surface area contributed by atoms with Gasteiger partial charge in [0.05, 0.1) is 5.41 Å². The van der Waals surface area contributed by atoms with Gasteiger partial charge in [-0.05, 0) is 74.4 Å². The minimum Gasteiger partial charge on any atom is -0.460 e. The van der Waals surface area contributed by atoms with E-state index in [0.717, 1.165) is 33.5 Å². The Morgan fingerprint density at radius 3 is 2.78 bits per heavy atom. The van der Waals surface area contributed by atoms with Crippen LogP contribution in [0.3, 0.4) is 0 Å². The molecule has 0 aliphatic carbocycles. The van der Waals surface area contributed by atoms with E-state index in [0.29, 0.717) is 0 Å². The maximum atomic E-state index is 14.0. The van der Waals surface area contributed by atoms with Gasteiger partial charge in [0.1, 0.15) is 11.3 Å². The Balaban J connectivity index is 1.76. The van der Waals surface area contributed by atoms with Crippen molar-refractivity contribution < 1.29 is 9.13 Å². The van der Waals surface area contributed by atoms with Crippen LogP contribution < -0.4 is 9.64 Å². The van der Waals surface area contributed by atoms with Crippen LogP contribution in [0.5, 0.6) is 5.75 Å². The summed E-state index contributed by atoms with van der Waals surface area (Å²) < 4.78 is 20.7. The topological polar surface area (TPSA) is 25.4 Å². The Morgan fingerprint density at radius 2 is 1.96 bits per heavy atom. The highest BCUT2D eigenvalue weighted by atomic mass is 19.1. The van der Waals surface area contributed by atoms with Crippen molar-refractivity contribution >= 4 is 22.7 Å². The average molecular weight is 360 g/mol. The molecule has 2 aromatic carbocycles. The molecule has 0 saturated carbocycles. The van der Waals surface area contributed by atoms with E-state index in [1.807, 2.05) is 19.2 Å². The van der Waals surface area contributed by atoms with Crippen LogP contribution in [0.4, 0.5) is 10.1 Å². The molecular weight excluding hydrogens is 339 g/mol. The highest BCUT2D eigenvalue weighted by molar-refractivity contribution is 5.92. The van der Waals surface area contributed by atoms with Crippen LogP contribution in [-0.4, -0.2) is 17.8 Å². The van der Waals surface area contributed by atoms with E-state index >= 15 is 0 Å². The molecule has 3 heterocycles. The van der Waals surface area contributed by atoms with Crippen LogP contribution in [0.1, 0.15) is 30.5 Å². The SMILES string of the molecule is Cc1cc2c(c3ncccc13)OC1(C=C2)N(C)c2ccc(F)cc2C1(C)C. The molecule has 0 N–H and O–H groups in total. The summed E-state index contributed by atoms with van der Waals surface area (Å²) in [4.78, 5) is 6.72. The van der Waals surface area contributed by atoms with Gasteiger partial charge in [0, 0.05) is 29.9 Å². The summed E-state index contributed by atoms with van der Waals surface area (Å²) in [6, 6.07) is 11.1. The van der Waals surface area contributed by atoms with Crippen molar-refractivity contribution in [3.8, 4) is 5.75 Å². The van der Waals surface area contributed by atoms with Crippen LogP contribution >= 0.6 is 0 Å². The van der Waals surface area contributed by atoms with Gasteiger partial charge in [-0.15, -0.1) is 0 Å². The number of ether oxygens (including phenoxy) is 1. The van der Waals surface area contributed by atoms with Gasteiger partial charge in [0.2, 0.25) is 5.72 Å². The third-order valence-corrected chi connectivity index (χ3v) is 6.22. The highest BCUT2D eigenvalue weighted by Crippen LogP contribution is 2.55. The molecule has 1 spiro atoms. The smallest absolute Gasteiger partial charge is 0.211 e. The van der Waals surface area contributed by atoms with Gasteiger partial charge < -0.3 is 9.64 Å². The van der Waals surface area contributed by atoms with E-state index in [-0.39, 0.29) is 5.82 Å². The van der Waals surface area contributed by atoms with Crippen molar-refractivity contribution in [2.24, 2.45) is 0 Å². The van der Waals surface area contributed by atoms with Crippen LogP contribution in [0.25, 0.3) is 17.0 Å². The molecule has 136 valence electrons. The second-order valence-corrected chi connectivity index (χ2v) is 7.99. The normalized spacial score (nSPS) is 22.0. The standard InChI is InChI=1S/C23H21FN2O/c1-14-12-15-9-10-23(27-21(15)20-17(14)6-5-11-25-20)22(2,3)18-13-16(24)7-8-19(18)26(23)4/h5-13H,1-4H3. The molecule has 1 unspecified atom stereocenters. The first-order chi connectivity index (χ1) is 12.8. The largest absolute Gasteiger partial charge is 0.460 e. The summed E-state index contributed by atoms with van der Waals surface area (Å²) in [5.41, 5.74) is 3.81. The van der Waals surface area contributed by atoms with E-state index in [2.05, 4.69) is 54.9 Å². The van der Waals surface area contributed by atoms with Gasteiger partial charge in [-0.25, -0.2) is 4.39 Å². The van der Waals surface area contributed by atoms with E-state index in [4.69, 9.17) is 4.74 Å². The molecule has 2 aliphatic heterocycles. The fourth-order valence-corrected chi connectivity index (χ4v) is 4.65. The number of aryl methyl sites for hydroxylation is 1. The molecule has 0 radical (unpaired) electrons. The Morgan fingerprint density at radius 1 is 1.15 bits per heavy atom. The van der Waals surface area contributed by atoms with Gasteiger partial charge in [-0.1, -0.05) is 6.07 Å². The Bertz CT molecular complexity index is 1130. The molecule has 0 saturated heterocycles. The number of likely N-dealkylation sites (N-methyl/N-ethyl adjacent to an activating group) is 1. The summed E-state index contributed by atoms with van der Waals surface area (Å²) in [5, 5.41) is 1.09. The molecule has 5 rings (SSSR count). The fraction of sp³-hybridized carbons (Fsp3) is 0.261. The molecule has 3 nitrogen and oxygen atoms in total. The predicted octanol–water partition coefficient (Wildman–Crippen LogP) is 5.21. The number of hydrogen-bond acceptors (Lipinski definition) is 3. The maximum Gasteiger partial charge on any atom is 0.211 e. The first-order valence-electron chi connectivity index (χ1n) is 9.15. The lowest BCUT2D eigenvalue weighted by atomic mass is 9.76. The lowest BCUT2D eigenvalue weighted by Crippen LogP contribution is -2.58. The molecule has 4 heteroatoms. The molecule has 1 atom stereocenters. The van der Waals surface area contributed by atoms with Crippen molar-refractivity contribution in [2.45, 2.75) is 31.9 Å². The van der Waals surface area contributed by atoms with Gasteiger partial charge >= 0.3 is 0 Å². The second kappa shape index (κ2) is 5.10. The minimum absolute atomic E-state index is 0.227. The summed E-state index contributed by atoms with van der Waals surface area (Å²) >= 11 is 0. The van der Waals surface area contributed by atoms with Crippen LogP contribution in [-0.2, 0) is 5.41 Å². The van der Waals surface area contributed by atoms with E-state index < -0.39 is 11.1 Å². The number of aromatic nitrogens is 1. The van der Waals surface area contributed by atoms with Crippen molar-refractivity contribution in [2.75, 3.05) is 11.9 Å². The molecule has 0 bridgehead atoms. The summed E-state index contributed by atoms with van der Waals surface area (Å²) in [6.45, 7) is 6.30. The number of anilines is 1. The van der Waals surface area contributed by atoms with Crippen molar-refractivity contribution in [3.05, 3.63) is 71.2 Å². The number of hydrogen-bond donors (Lipinski definition) is 0. The summed E-state index contributed by atoms with van der Waals surface area (Å²) in [6.07, 6.45) is 6.01. The van der Waals surface area contributed by atoms with Crippen molar-refractivity contribution in [1.82, 2.24) is 4.98 Å². The van der Waals surface area contributed by atoms with Crippen LogP contribution in [0, 0.1) is 12.7 Å². The zero-order valence-corrected chi connectivity index (χ0v) is 15.9. The lowest BCUT2D eigenvalue weighted by molar-refractivity contribution is 0.0595. The van der Waals surface area contributed by atoms with Gasteiger partial charge in [-0.3, -0.25) is 4.98 Å². The number of benzene rings is 2. The average Bonchev–Trinajstić information content (AvgIpc) is 2.81. The van der Waals surface area contributed by atoms with Crippen LogP contribution in [0.15, 0.2) is 48.7 Å². The highest BCUT2D eigenvalue weighted by Gasteiger charge is 2.58. The molecule has 0 amide bonds. The predicted molar refractivity (Wildman–Crippen MR) is 107 cm³/mol. The van der Waals surface area contributed by atoms with Crippen molar-refractivity contribution in [3.63, 3.8) is 0 Å². The van der Waals surface area contributed by atoms with Gasteiger partial charge in [0.15, 0.2) is 5.75 Å². The molecule has 1 aromatic heterocycles. The van der Waals surface area contributed by atoms with E-state index in [1.54, 1.807) is 12.3 Å². The molecule has 0 fully saturated rings. The lowest BCUT2D eigenvalue weighted by Gasteiger charge is -2.46. The Kier molecular flexibility index (Phi) is 3.08. The number of rotatable bonds is 0. The van der Waals surface area contributed by atoms with Crippen molar-refractivity contribution in [1.29, 1.82) is 0 Å². The number of pyridine rings is 1.